The van der Waals surface area contributed by atoms with Gasteiger partial charge in [0.15, 0.2) is 0 Å². The number of aliphatic hydroxyl groups is 1. The number of carbonyl (C=O) groups is 1. The molecule has 0 bridgehead atoms. The van der Waals surface area contributed by atoms with Crippen molar-refractivity contribution in [3.05, 3.63) is 106 Å². The quantitative estimate of drug-likeness (QED) is 0.351. The lowest BCUT2D eigenvalue weighted by atomic mass is 9.96. The van der Waals surface area contributed by atoms with E-state index in [1.165, 1.54) is 11.1 Å². The zero-order chi connectivity index (χ0) is 21.8. The first-order valence-corrected chi connectivity index (χ1v) is 10.7. The van der Waals surface area contributed by atoms with Gasteiger partial charge in [0.1, 0.15) is 0 Å². The van der Waals surface area contributed by atoms with Crippen molar-refractivity contribution >= 4 is 16.9 Å². The van der Waals surface area contributed by atoms with Crippen LogP contribution in [-0.2, 0) is 19.3 Å². The fraction of sp³-hybridized carbons (Fsp3) is 0.222. The molecule has 3 aromatic carbocycles. The predicted molar refractivity (Wildman–Crippen MR) is 124 cm³/mol. The molecule has 0 aliphatic rings. The Morgan fingerprint density at radius 1 is 0.903 bits per heavy atom. The minimum absolute atomic E-state index is 0.304. The number of hydrogen-bond donors (Lipinski definition) is 3. The summed E-state index contributed by atoms with van der Waals surface area (Å²) in [6.45, 7) is 1.80. The van der Waals surface area contributed by atoms with E-state index in [2.05, 4.69) is 29.2 Å². The lowest BCUT2D eigenvalue weighted by molar-refractivity contribution is 0.0696. The van der Waals surface area contributed by atoms with Gasteiger partial charge >= 0.3 is 5.97 Å². The van der Waals surface area contributed by atoms with E-state index in [1.807, 2.05) is 42.5 Å². The molecule has 4 rings (SSSR count). The molecule has 0 saturated heterocycles. The number of fused-ring (bicyclic) bond motifs is 1. The summed E-state index contributed by atoms with van der Waals surface area (Å²) >= 11 is 0. The van der Waals surface area contributed by atoms with Crippen molar-refractivity contribution < 1.29 is 15.0 Å². The highest BCUT2D eigenvalue weighted by atomic mass is 16.4. The van der Waals surface area contributed by atoms with Crippen LogP contribution in [-0.4, -0.2) is 21.2 Å². The molecule has 0 aliphatic heterocycles. The number of aromatic carboxylic acids is 1. The summed E-state index contributed by atoms with van der Waals surface area (Å²) in [5.41, 5.74) is 6.09. The number of aryl methyl sites for hydroxylation is 4. The number of aliphatic hydroxyl groups excluding tert-OH is 1. The summed E-state index contributed by atoms with van der Waals surface area (Å²) in [7, 11) is 0. The average molecular weight is 414 g/mol. The zero-order valence-electron chi connectivity index (χ0n) is 17.6. The van der Waals surface area contributed by atoms with Crippen LogP contribution in [0.5, 0.6) is 0 Å². The molecule has 0 amide bonds. The van der Waals surface area contributed by atoms with Crippen LogP contribution in [0.3, 0.4) is 0 Å². The van der Waals surface area contributed by atoms with Crippen LogP contribution in [0.4, 0.5) is 0 Å². The van der Waals surface area contributed by atoms with Crippen molar-refractivity contribution in [1.82, 2.24) is 4.98 Å². The van der Waals surface area contributed by atoms with E-state index >= 15 is 0 Å². The SMILES string of the molecule is Cc1cc2[nH]c(C(O)CCc3ccccc3)c(CCc3ccccc3)c2cc1C(=O)O. The second kappa shape index (κ2) is 9.19. The second-order valence-electron chi connectivity index (χ2n) is 8.06. The van der Waals surface area contributed by atoms with Gasteiger partial charge in [-0.1, -0.05) is 60.7 Å². The van der Waals surface area contributed by atoms with Crippen molar-refractivity contribution in [3.8, 4) is 0 Å². The number of aromatic amines is 1. The van der Waals surface area contributed by atoms with Gasteiger partial charge < -0.3 is 15.2 Å². The molecule has 4 aromatic rings. The van der Waals surface area contributed by atoms with E-state index in [0.717, 1.165) is 41.4 Å². The first-order valence-electron chi connectivity index (χ1n) is 10.7. The molecule has 4 nitrogen and oxygen atoms in total. The lowest BCUT2D eigenvalue weighted by Gasteiger charge is -2.13. The maximum atomic E-state index is 11.7. The van der Waals surface area contributed by atoms with Gasteiger partial charge in [0.25, 0.3) is 0 Å². The maximum absolute atomic E-state index is 11.7. The van der Waals surface area contributed by atoms with Crippen LogP contribution in [0.1, 0.15) is 50.8 Å². The van der Waals surface area contributed by atoms with Crippen molar-refractivity contribution in [1.29, 1.82) is 0 Å². The largest absolute Gasteiger partial charge is 0.478 e. The van der Waals surface area contributed by atoms with Crippen molar-refractivity contribution in [3.63, 3.8) is 0 Å². The maximum Gasteiger partial charge on any atom is 0.335 e. The molecule has 1 heterocycles. The molecule has 1 unspecified atom stereocenters. The Bertz CT molecular complexity index is 1180. The third kappa shape index (κ3) is 4.70. The number of hydrogen-bond acceptors (Lipinski definition) is 2. The van der Waals surface area contributed by atoms with E-state index in [4.69, 9.17) is 0 Å². The lowest BCUT2D eigenvalue weighted by Crippen LogP contribution is -2.04. The number of carboxylic acid groups (broad SMARTS) is 1. The molecule has 4 heteroatoms. The van der Waals surface area contributed by atoms with Gasteiger partial charge in [0, 0.05) is 16.6 Å². The first-order chi connectivity index (χ1) is 15.0. The normalized spacial score (nSPS) is 12.2. The van der Waals surface area contributed by atoms with Crippen LogP contribution >= 0.6 is 0 Å². The molecule has 31 heavy (non-hydrogen) atoms. The van der Waals surface area contributed by atoms with Gasteiger partial charge in [-0.05, 0) is 67.0 Å². The Hall–Kier alpha value is -3.37. The third-order valence-corrected chi connectivity index (χ3v) is 5.90. The highest BCUT2D eigenvalue weighted by molar-refractivity contribution is 5.97. The van der Waals surface area contributed by atoms with E-state index in [-0.39, 0.29) is 0 Å². The number of rotatable bonds is 8. The summed E-state index contributed by atoms with van der Waals surface area (Å²) in [5, 5.41) is 21.5. The average Bonchev–Trinajstić information content (AvgIpc) is 3.14. The number of aromatic nitrogens is 1. The fourth-order valence-electron chi connectivity index (χ4n) is 4.22. The number of carboxylic acids is 1. The molecule has 3 N–H and O–H groups in total. The van der Waals surface area contributed by atoms with Crippen LogP contribution in [0, 0.1) is 6.92 Å². The van der Waals surface area contributed by atoms with E-state index in [9.17, 15) is 15.0 Å². The summed E-state index contributed by atoms with van der Waals surface area (Å²) in [4.78, 5) is 15.1. The molecule has 0 fully saturated rings. The Kier molecular flexibility index (Phi) is 6.19. The van der Waals surface area contributed by atoms with Crippen molar-refractivity contribution in [2.75, 3.05) is 0 Å². The zero-order valence-corrected chi connectivity index (χ0v) is 17.6. The highest BCUT2D eigenvalue weighted by Gasteiger charge is 2.20. The smallest absolute Gasteiger partial charge is 0.335 e. The Labute approximate surface area is 182 Å². The van der Waals surface area contributed by atoms with Gasteiger partial charge in [-0.2, -0.15) is 0 Å². The van der Waals surface area contributed by atoms with E-state index in [0.29, 0.717) is 17.5 Å². The van der Waals surface area contributed by atoms with Crippen molar-refractivity contribution in [2.45, 2.75) is 38.7 Å². The van der Waals surface area contributed by atoms with Crippen LogP contribution < -0.4 is 0 Å². The number of benzene rings is 3. The Morgan fingerprint density at radius 3 is 2.13 bits per heavy atom. The van der Waals surface area contributed by atoms with Gasteiger partial charge in [0.2, 0.25) is 0 Å². The number of H-pyrrole nitrogens is 1. The van der Waals surface area contributed by atoms with Gasteiger partial charge in [-0.3, -0.25) is 0 Å². The molecular weight excluding hydrogens is 386 g/mol. The molecule has 0 saturated carbocycles. The molecule has 0 radical (unpaired) electrons. The highest BCUT2D eigenvalue weighted by Crippen LogP contribution is 2.32. The Balaban J connectivity index is 1.68. The third-order valence-electron chi connectivity index (χ3n) is 5.90. The fourth-order valence-corrected chi connectivity index (χ4v) is 4.22. The van der Waals surface area contributed by atoms with E-state index < -0.39 is 12.1 Å². The minimum atomic E-state index is -0.930. The molecule has 1 atom stereocenters. The topological polar surface area (TPSA) is 73.3 Å². The predicted octanol–water partition coefficient (Wildman–Crippen LogP) is 5.63. The first kappa shape index (κ1) is 20.9. The second-order valence-corrected chi connectivity index (χ2v) is 8.06. The van der Waals surface area contributed by atoms with Crippen LogP contribution in [0.25, 0.3) is 10.9 Å². The van der Waals surface area contributed by atoms with Gasteiger partial charge in [-0.25, -0.2) is 4.79 Å². The minimum Gasteiger partial charge on any atom is -0.478 e. The number of nitrogens with one attached hydrogen (secondary N) is 1. The summed E-state index contributed by atoms with van der Waals surface area (Å²) < 4.78 is 0. The summed E-state index contributed by atoms with van der Waals surface area (Å²) in [5.74, 6) is -0.930. The van der Waals surface area contributed by atoms with Crippen LogP contribution in [0.15, 0.2) is 72.8 Å². The molecular formula is C27H27NO3. The Morgan fingerprint density at radius 2 is 1.52 bits per heavy atom. The molecule has 158 valence electrons. The molecule has 0 aliphatic carbocycles. The summed E-state index contributed by atoms with van der Waals surface area (Å²) in [6, 6.07) is 24.0. The van der Waals surface area contributed by atoms with Gasteiger partial charge in [-0.15, -0.1) is 0 Å². The molecule has 0 spiro atoms. The van der Waals surface area contributed by atoms with E-state index in [1.54, 1.807) is 13.0 Å². The van der Waals surface area contributed by atoms with Gasteiger partial charge in [0.05, 0.1) is 11.7 Å². The standard InChI is InChI=1S/C27H27NO3/c1-18-16-24-23(17-22(18)27(30)31)21(14-12-19-8-4-2-5-9-19)26(28-24)25(29)15-13-20-10-6-3-7-11-20/h2-11,16-17,25,28-29H,12-15H2,1H3,(H,30,31). The summed E-state index contributed by atoms with van der Waals surface area (Å²) in [6.07, 6.45) is 2.27. The van der Waals surface area contributed by atoms with Crippen LogP contribution in [0.2, 0.25) is 0 Å². The van der Waals surface area contributed by atoms with Crippen molar-refractivity contribution in [2.24, 2.45) is 0 Å². The molecule has 1 aromatic heterocycles. The monoisotopic (exact) mass is 413 g/mol.